The minimum Gasteiger partial charge on any atom is -0.479 e. The number of carbonyl (C=O) groups is 2. The van der Waals surface area contributed by atoms with E-state index < -0.39 is 0 Å². The zero-order valence-corrected chi connectivity index (χ0v) is 15.6. The number of hydrogen-bond donors (Lipinski definition) is 1. The molecule has 0 unspecified atom stereocenters. The Morgan fingerprint density at radius 3 is 2.77 bits per heavy atom. The van der Waals surface area contributed by atoms with Gasteiger partial charge in [-0.05, 0) is 0 Å². The summed E-state index contributed by atoms with van der Waals surface area (Å²) in [6, 6.07) is 9.05. The molecule has 0 atom stereocenters. The van der Waals surface area contributed by atoms with E-state index in [0.29, 0.717) is 20.6 Å². The first kappa shape index (κ1) is 18.1. The quantitative estimate of drug-likeness (QED) is 0.376. The summed E-state index contributed by atoms with van der Waals surface area (Å²) in [6.07, 6.45) is 1.56. The number of nitrogens with one attached hydrogen (secondary N) is 1. The molecule has 0 fully saturated rings. The van der Waals surface area contributed by atoms with Crippen molar-refractivity contribution in [2.75, 3.05) is 18.2 Å². The van der Waals surface area contributed by atoms with Crippen molar-refractivity contribution in [2.24, 2.45) is 7.05 Å². The number of aryl methyl sites for hydroxylation is 1. The van der Waals surface area contributed by atoms with Crippen molar-refractivity contribution in [2.45, 2.75) is 4.34 Å². The Hall–Kier alpha value is -2.72. The highest BCUT2D eigenvalue weighted by molar-refractivity contribution is 8.01. The summed E-state index contributed by atoms with van der Waals surface area (Å²) in [4.78, 5) is 24.4. The first-order chi connectivity index (χ1) is 12.6. The lowest BCUT2D eigenvalue weighted by Gasteiger charge is -2.00. The van der Waals surface area contributed by atoms with E-state index in [9.17, 15) is 9.59 Å². The van der Waals surface area contributed by atoms with Crippen LogP contribution in [0.4, 0.5) is 5.13 Å². The molecule has 26 heavy (non-hydrogen) atoms. The summed E-state index contributed by atoms with van der Waals surface area (Å²) in [5.74, 6) is 0.111. The van der Waals surface area contributed by atoms with Gasteiger partial charge in [0.2, 0.25) is 11.0 Å². The van der Waals surface area contributed by atoms with Gasteiger partial charge in [-0.3, -0.25) is 19.6 Å². The molecule has 1 N–H and O–H groups in total. The maximum atomic E-state index is 12.3. The van der Waals surface area contributed by atoms with Crippen molar-refractivity contribution in [3.63, 3.8) is 0 Å². The Balaban J connectivity index is 1.59. The van der Waals surface area contributed by atoms with Crippen molar-refractivity contribution in [1.29, 1.82) is 0 Å². The van der Waals surface area contributed by atoms with Gasteiger partial charge in [-0.15, -0.1) is 15.3 Å². The van der Waals surface area contributed by atoms with E-state index in [0.717, 1.165) is 0 Å². The highest BCUT2D eigenvalue weighted by atomic mass is 32.2. The van der Waals surface area contributed by atoms with Gasteiger partial charge in [0.15, 0.2) is 10.1 Å². The Kier molecular flexibility index (Phi) is 5.64. The standard InChI is InChI=1S/C16H15N5O3S2/c1-21-8-11(14(20-21)24-2)13(23)17-15-18-19-16(26-15)25-9-12(22)10-6-4-3-5-7-10/h3-8H,9H2,1-2H3,(H,17,18,23). The molecule has 3 aromatic rings. The third-order valence-electron chi connectivity index (χ3n) is 3.28. The highest BCUT2D eigenvalue weighted by Crippen LogP contribution is 2.27. The number of benzene rings is 1. The molecule has 3 rings (SSSR count). The van der Waals surface area contributed by atoms with Crippen molar-refractivity contribution in [1.82, 2.24) is 20.0 Å². The van der Waals surface area contributed by atoms with Crippen molar-refractivity contribution >= 4 is 39.9 Å². The van der Waals surface area contributed by atoms with Crippen LogP contribution in [-0.2, 0) is 7.05 Å². The fourth-order valence-corrected chi connectivity index (χ4v) is 3.73. The lowest BCUT2D eigenvalue weighted by Crippen LogP contribution is -2.12. The number of nitrogens with zero attached hydrogens (tertiary/aromatic N) is 4. The first-order valence-corrected chi connectivity index (χ1v) is 9.30. The summed E-state index contributed by atoms with van der Waals surface area (Å²) in [5, 5.41) is 15.0. The molecular weight excluding hydrogens is 374 g/mol. The summed E-state index contributed by atoms with van der Waals surface area (Å²) < 4.78 is 7.16. The Labute approximate surface area is 157 Å². The van der Waals surface area contributed by atoms with E-state index in [1.807, 2.05) is 18.2 Å². The normalized spacial score (nSPS) is 10.5. The Morgan fingerprint density at radius 1 is 1.27 bits per heavy atom. The van der Waals surface area contributed by atoms with Crippen LogP contribution in [0, 0.1) is 0 Å². The number of Topliss-reactive ketones (excluding diaryl/α,β-unsaturated/α-hetero) is 1. The van der Waals surface area contributed by atoms with Gasteiger partial charge in [0, 0.05) is 18.8 Å². The van der Waals surface area contributed by atoms with Crippen LogP contribution in [0.3, 0.4) is 0 Å². The maximum Gasteiger partial charge on any atom is 0.264 e. The van der Waals surface area contributed by atoms with Crippen molar-refractivity contribution < 1.29 is 14.3 Å². The number of ether oxygens (including phenoxy) is 1. The van der Waals surface area contributed by atoms with Crippen LogP contribution in [0.15, 0.2) is 40.9 Å². The average molecular weight is 389 g/mol. The second-order valence-corrected chi connectivity index (χ2v) is 7.33. The first-order valence-electron chi connectivity index (χ1n) is 7.50. The zero-order valence-electron chi connectivity index (χ0n) is 14.0. The molecule has 134 valence electrons. The summed E-state index contributed by atoms with van der Waals surface area (Å²) in [6.45, 7) is 0. The number of anilines is 1. The molecule has 1 amide bonds. The van der Waals surface area contributed by atoms with Gasteiger partial charge in [-0.1, -0.05) is 53.4 Å². The van der Waals surface area contributed by atoms with Crippen molar-refractivity contribution in [3.8, 4) is 5.88 Å². The molecule has 2 aromatic heterocycles. The second kappa shape index (κ2) is 8.11. The number of ketones is 1. The molecule has 2 heterocycles. The molecule has 0 bridgehead atoms. The number of hydrogen-bond acceptors (Lipinski definition) is 8. The van der Waals surface area contributed by atoms with Gasteiger partial charge in [0.25, 0.3) is 5.91 Å². The van der Waals surface area contributed by atoms with E-state index in [1.165, 1.54) is 34.9 Å². The van der Waals surface area contributed by atoms with E-state index in [2.05, 4.69) is 20.6 Å². The number of rotatable bonds is 7. The SMILES string of the molecule is COc1nn(C)cc1C(=O)Nc1nnc(SCC(=O)c2ccccc2)s1. The molecule has 0 aliphatic heterocycles. The zero-order chi connectivity index (χ0) is 18.5. The highest BCUT2D eigenvalue weighted by Gasteiger charge is 2.18. The van der Waals surface area contributed by atoms with Crippen molar-refractivity contribution in [3.05, 3.63) is 47.7 Å². The van der Waals surface area contributed by atoms with Crippen LogP contribution in [0.1, 0.15) is 20.7 Å². The molecule has 1 aromatic carbocycles. The van der Waals surface area contributed by atoms with E-state index in [-0.39, 0.29) is 23.3 Å². The molecular formula is C16H15N5O3S2. The number of amides is 1. The minimum atomic E-state index is -0.386. The van der Waals surface area contributed by atoms with Crippen LogP contribution < -0.4 is 10.1 Å². The molecule has 0 saturated heterocycles. The molecule has 10 heteroatoms. The largest absolute Gasteiger partial charge is 0.479 e. The van der Waals surface area contributed by atoms with Gasteiger partial charge < -0.3 is 4.74 Å². The number of carbonyl (C=O) groups excluding carboxylic acids is 2. The third-order valence-corrected chi connectivity index (χ3v) is 5.25. The van der Waals surface area contributed by atoms with E-state index in [4.69, 9.17) is 4.74 Å². The van der Waals surface area contributed by atoms with Gasteiger partial charge in [0.05, 0.1) is 12.9 Å². The predicted octanol–water partition coefficient (Wildman–Crippen LogP) is 2.51. The molecule has 0 aliphatic rings. The molecule has 0 spiro atoms. The Bertz CT molecular complexity index is 923. The monoisotopic (exact) mass is 389 g/mol. The topological polar surface area (TPSA) is 99.0 Å². The third kappa shape index (κ3) is 4.27. The van der Waals surface area contributed by atoms with Gasteiger partial charge in [-0.2, -0.15) is 0 Å². The summed E-state index contributed by atoms with van der Waals surface area (Å²) in [5.41, 5.74) is 0.959. The molecule has 0 saturated carbocycles. The fraction of sp³-hybridized carbons (Fsp3) is 0.188. The maximum absolute atomic E-state index is 12.3. The van der Waals surface area contributed by atoms with Crippen LogP contribution in [0.2, 0.25) is 0 Å². The summed E-state index contributed by atoms with van der Waals surface area (Å²) in [7, 11) is 3.14. The van der Waals surface area contributed by atoms with E-state index >= 15 is 0 Å². The Morgan fingerprint density at radius 2 is 2.04 bits per heavy atom. The second-order valence-electron chi connectivity index (χ2n) is 5.13. The number of methoxy groups -OCH3 is 1. The average Bonchev–Trinajstić information content (AvgIpc) is 3.26. The van der Waals surface area contributed by atoms with Gasteiger partial charge in [-0.25, -0.2) is 0 Å². The minimum absolute atomic E-state index is 0.0106. The smallest absolute Gasteiger partial charge is 0.264 e. The lowest BCUT2D eigenvalue weighted by atomic mass is 10.2. The van der Waals surface area contributed by atoms with E-state index in [1.54, 1.807) is 25.4 Å². The van der Waals surface area contributed by atoms with Crippen LogP contribution in [-0.4, -0.2) is 44.5 Å². The summed E-state index contributed by atoms with van der Waals surface area (Å²) >= 11 is 2.48. The van der Waals surface area contributed by atoms with Crippen LogP contribution in [0.25, 0.3) is 0 Å². The number of aromatic nitrogens is 4. The number of thioether (sulfide) groups is 1. The molecule has 8 nitrogen and oxygen atoms in total. The van der Waals surface area contributed by atoms with Gasteiger partial charge >= 0.3 is 0 Å². The van der Waals surface area contributed by atoms with Crippen LogP contribution >= 0.6 is 23.1 Å². The predicted molar refractivity (Wildman–Crippen MR) is 99.1 cm³/mol. The van der Waals surface area contributed by atoms with Crippen LogP contribution in [0.5, 0.6) is 5.88 Å². The molecule has 0 radical (unpaired) electrons. The fourth-order valence-electron chi connectivity index (χ4n) is 2.09. The molecule has 0 aliphatic carbocycles. The lowest BCUT2D eigenvalue weighted by molar-refractivity contribution is 0.101. The van der Waals surface area contributed by atoms with Gasteiger partial charge in [0.1, 0.15) is 5.56 Å².